The summed E-state index contributed by atoms with van der Waals surface area (Å²) >= 11 is 0. The summed E-state index contributed by atoms with van der Waals surface area (Å²) in [5.41, 5.74) is 4.74. The first kappa shape index (κ1) is 22.1. The Morgan fingerprint density at radius 2 is 1.48 bits per heavy atom. The molecule has 0 saturated heterocycles. The second-order valence-electron chi connectivity index (χ2n) is 7.73. The molecule has 0 radical (unpaired) electrons. The molecule has 3 aromatic rings. The van der Waals surface area contributed by atoms with E-state index in [1.54, 1.807) is 12.1 Å². The number of nitrogens with one attached hydrogen (secondary N) is 1. The first-order chi connectivity index (χ1) is 16.0. The average Bonchev–Trinajstić information content (AvgIpc) is 3.26. The molecule has 168 valence electrons. The molecule has 0 aromatic heterocycles. The number of methoxy groups -OCH3 is 2. The van der Waals surface area contributed by atoms with Crippen LogP contribution in [0.5, 0.6) is 0 Å². The minimum absolute atomic E-state index is 0.136. The summed E-state index contributed by atoms with van der Waals surface area (Å²) in [5.74, 6) is -1.60. The molecule has 1 amide bonds. The maximum absolute atomic E-state index is 12.8. The molecule has 7 nitrogen and oxygen atoms in total. The van der Waals surface area contributed by atoms with Crippen molar-refractivity contribution >= 4 is 29.2 Å². The van der Waals surface area contributed by atoms with Crippen molar-refractivity contribution < 1.29 is 23.9 Å². The number of para-hydroxylation sites is 1. The predicted molar refractivity (Wildman–Crippen MR) is 125 cm³/mol. The number of carbonyl (C=O) groups is 3. The van der Waals surface area contributed by atoms with E-state index in [9.17, 15) is 14.4 Å². The van der Waals surface area contributed by atoms with E-state index >= 15 is 0 Å². The third kappa shape index (κ3) is 4.87. The van der Waals surface area contributed by atoms with Gasteiger partial charge in [-0.15, -0.1) is 0 Å². The molecule has 0 atom stereocenters. The van der Waals surface area contributed by atoms with E-state index in [0.29, 0.717) is 11.3 Å². The van der Waals surface area contributed by atoms with E-state index in [1.165, 1.54) is 43.7 Å². The third-order valence-electron chi connectivity index (χ3n) is 5.61. The van der Waals surface area contributed by atoms with Gasteiger partial charge < -0.3 is 19.7 Å². The molecule has 0 unspecified atom stereocenters. The first-order valence-corrected chi connectivity index (χ1v) is 10.5. The molecule has 33 heavy (non-hydrogen) atoms. The molecule has 1 aliphatic heterocycles. The minimum Gasteiger partial charge on any atom is -0.465 e. The molecule has 0 saturated carbocycles. The van der Waals surface area contributed by atoms with Gasteiger partial charge in [0.25, 0.3) is 5.91 Å². The topological polar surface area (TPSA) is 84.9 Å². The molecule has 7 heteroatoms. The van der Waals surface area contributed by atoms with Gasteiger partial charge >= 0.3 is 11.9 Å². The maximum Gasteiger partial charge on any atom is 0.337 e. The molecule has 0 bridgehead atoms. The fourth-order valence-corrected chi connectivity index (χ4v) is 3.93. The zero-order chi connectivity index (χ0) is 23.4. The number of amides is 1. The fourth-order valence-electron chi connectivity index (χ4n) is 3.93. The van der Waals surface area contributed by atoms with Crippen LogP contribution in [0.15, 0.2) is 66.7 Å². The van der Waals surface area contributed by atoms with Crippen molar-refractivity contribution in [1.82, 2.24) is 0 Å². The van der Waals surface area contributed by atoms with Crippen LogP contribution in [0.2, 0.25) is 0 Å². The monoisotopic (exact) mass is 444 g/mol. The van der Waals surface area contributed by atoms with Crippen LogP contribution in [0.1, 0.15) is 42.2 Å². The summed E-state index contributed by atoms with van der Waals surface area (Å²) in [5, 5.41) is 2.74. The Morgan fingerprint density at radius 1 is 0.848 bits per heavy atom. The van der Waals surface area contributed by atoms with Crippen LogP contribution in [0.4, 0.5) is 11.4 Å². The van der Waals surface area contributed by atoms with Gasteiger partial charge in [0, 0.05) is 30.0 Å². The lowest BCUT2D eigenvalue weighted by Gasteiger charge is -2.19. The van der Waals surface area contributed by atoms with Crippen LogP contribution in [-0.4, -0.2) is 38.6 Å². The van der Waals surface area contributed by atoms with E-state index in [1.807, 2.05) is 18.2 Å². The second-order valence-corrected chi connectivity index (χ2v) is 7.73. The van der Waals surface area contributed by atoms with Crippen molar-refractivity contribution in [1.29, 1.82) is 0 Å². The predicted octanol–water partition coefficient (Wildman–Crippen LogP) is 4.07. The maximum atomic E-state index is 12.8. The van der Waals surface area contributed by atoms with Gasteiger partial charge in [-0.05, 0) is 53.9 Å². The summed E-state index contributed by atoms with van der Waals surface area (Å²) in [6.45, 7) is 1.74. The van der Waals surface area contributed by atoms with Crippen LogP contribution < -0.4 is 10.2 Å². The fraction of sp³-hybridized carbons (Fsp3) is 0.192. The number of rotatable bonds is 6. The van der Waals surface area contributed by atoms with Gasteiger partial charge in [0.1, 0.15) is 0 Å². The third-order valence-corrected chi connectivity index (χ3v) is 5.61. The van der Waals surface area contributed by atoms with Gasteiger partial charge in [-0.25, -0.2) is 9.59 Å². The number of benzene rings is 3. The van der Waals surface area contributed by atoms with Gasteiger partial charge in [-0.2, -0.15) is 0 Å². The number of hydrogen-bond acceptors (Lipinski definition) is 6. The largest absolute Gasteiger partial charge is 0.465 e. The summed E-state index contributed by atoms with van der Waals surface area (Å²) < 4.78 is 9.46. The summed E-state index contributed by atoms with van der Waals surface area (Å²) in [7, 11) is 2.49. The average molecular weight is 444 g/mol. The number of carbonyl (C=O) groups excluding carboxylic acids is 3. The molecular formula is C26H24N2O5. The molecule has 4 rings (SSSR count). The zero-order valence-electron chi connectivity index (χ0n) is 18.5. The lowest BCUT2D eigenvalue weighted by Crippen LogP contribution is -2.19. The van der Waals surface area contributed by atoms with Gasteiger partial charge in [0.2, 0.25) is 0 Å². The molecule has 1 heterocycles. The number of nitrogens with zero attached hydrogens (tertiary/aromatic N) is 1. The smallest absolute Gasteiger partial charge is 0.337 e. The highest BCUT2D eigenvalue weighted by Crippen LogP contribution is 2.29. The summed E-state index contributed by atoms with van der Waals surface area (Å²) in [6.07, 6.45) is 1.04. The Labute approximate surface area is 191 Å². The number of esters is 2. The van der Waals surface area contributed by atoms with Gasteiger partial charge in [0.15, 0.2) is 0 Å². The minimum atomic E-state index is -0.621. The number of anilines is 2. The molecular weight excluding hydrogens is 420 g/mol. The highest BCUT2D eigenvalue weighted by atomic mass is 16.5. The van der Waals surface area contributed by atoms with E-state index in [4.69, 9.17) is 9.47 Å². The normalized spacial score (nSPS) is 12.1. The van der Waals surface area contributed by atoms with Crippen molar-refractivity contribution in [3.8, 4) is 0 Å². The van der Waals surface area contributed by atoms with Gasteiger partial charge in [-0.1, -0.05) is 30.3 Å². The van der Waals surface area contributed by atoms with Crippen molar-refractivity contribution in [2.75, 3.05) is 31.0 Å². The van der Waals surface area contributed by atoms with Crippen LogP contribution in [0, 0.1) is 0 Å². The Kier molecular flexibility index (Phi) is 6.40. The van der Waals surface area contributed by atoms with Crippen molar-refractivity contribution in [3.63, 3.8) is 0 Å². The van der Waals surface area contributed by atoms with Crippen molar-refractivity contribution in [2.24, 2.45) is 0 Å². The number of fused-ring (bicyclic) bond motifs is 1. The summed E-state index contributed by atoms with van der Waals surface area (Å²) in [6, 6.07) is 20.1. The number of hydrogen-bond donors (Lipinski definition) is 1. The highest BCUT2D eigenvalue weighted by Gasteiger charge is 2.19. The second kappa shape index (κ2) is 9.56. The highest BCUT2D eigenvalue weighted by molar-refractivity contribution is 6.06. The molecule has 0 spiro atoms. The van der Waals surface area contributed by atoms with Gasteiger partial charge in [-0.3, -0.25) is 4.79 Å². The SMILES string of the molecule is COC(=O)c1cc(NC(=O)c2ccc(CN3CCc4ccccc43)cc2)cc(C(=O)OC)c1. The lowest BCUT2D eigenvalue weighted by molar-refractivity contribution is 0.0599. The Morgan fingerprint density at radius 3 is 2.12 bits per heavy atom. The molecule has 3 aromatic carbocycles. The molecule has 0 aliphatic carbocycles. The van der Waals surface area contributed by atoms with E-state index in [2.05, 4.69) is 28.4 Å². The van der Waals surface area contributed by atoms with E-state index in [-0.39, 0.29) is 17.0 Å². The standard InChI is InChI=1S/C26H24N2O5/c1-32-25(30)20-13-21(26(31)33-2)15-22(14-20)27-24(29)19-9-7-17(8-10-19)16-28-12-11-18-5-3-4-6-23(18)28/h3-10,13-15H,11-12,16H2,1-2H3,(H,27,29). The lowest BCUT2D eigenvalue weighted by atomic mass is 10.1. The Bertz CT molecular complexity index is 1170. The summed E-state index contributed by atoms with van der Waals surface area (Å²) in [4.78, 5) is 39.0. The van der Waals surface area contributed by atoms with Crippen molar-refractivity contribution in [3.05, 3.63) is 94.5 Å². The van der Waals surface area contributed by atoms with Crippen LogP contribution in [-0.2, 0) is 22.4 Å². The molecule has 1 aliphatic rings. The van der Waals surface area contributed by atoms with E-state index in [0.717, 1.165) is 25.1 Å². The molecule has 0 fully saturated rings. The van der Waals surface area contributed by atoms with Crippen LogP contribution in [0.3, 0.4) is 0 Å². The van der Waals surface area contributed by atoms with Crippen LogP contribution >= 0.6 is 0 Å². The quantitative estimate of drug-likeness (QED) is 0.577. The Hall–Kier alpha value is -4.13. The van der Waals surface area contributed by atoms with E-state index < -0.39 is 11.9 Å². The molecule has 1 N–H and O–H groups in total. The van der Waals surface area contributed by atoms with Crippen molar-refractivity contribution in [2.45, 2.75) is 13.0 Å². The number of ether oxygens (including phenoxy) is 2. The van der Waals surface area contributed by atoms with Crippen LogP contribution in [0.25, 0.3) is 0 Å². The zero-order valence-corrected chi connectivity index (χ0v) is 18.5. The first-order valence-electron chi connectivity index (χ1n) is 10.5. The Balaban J connectivity index is 1.48. The van der Waals surface area contributed by atoms with Gasteiger partial charge in [0.05, 0.1) is 25.3 Å².